The summed E-state index contributed by atoms with van der Waals surface area (Å²) in [7, 11) is 1.59. The largest absolute Gasteiger partial charge is 0.481 e. The van der Waals surface area contributed by atoms with Crippen molar-refractivity contribution in [3.05, 3.63) is 22.4 Å². The van der Waals surface area contributed by atoms with Crippen LogP contribution in [0, 0.1) is 0 Å². The fourth-order valence-electron chi connectivity index (χ4n) is 1.55. The highest BCUT2D eigenvalue weighted by atomic mass is 32.1. The summed E-state index contributed by atoms with van der Waals surface area (Å²) >= 11 is 1.66. The van der Waals surface area contributed by atoms with Crippen molar-refractivity contribution in [1.29, 1.82) is 0 Å². The highest BCUT2D eigenvalue weighted by Crippen LogP contribution is 2.26. The van der Waals surface area contributed by atoms with Crippen molar-refractivity contribution in [1.82, 2.24) is 10.2 Å². The van der Waals surface area contributed by atoms with Crippen molar-refractivity contribution < 1.29 is 14.7 Å². The first-order valence-electron chi connectivity index (χ1n) is 6.07. The number of hydrogen-bond acceptors (Lipinski definition) is 3. The zero-order chi connectivity index (χ0) is 14.5. The second kappa shape index (κ2) is 6.56. The van der Waals surface area contributed by atoms with Gasteiger partial charge in [0.15, 0.2) is 0 Å². The number of nitrogens with one attached hydrogen (secondary N) is 1. The van der Waals surface area contributed by atoms with Crippen LogP contribution in [0.5, 0.6) is 0 Å². The van der Waals surface area contributed by atoms with Gasteiger partial charge in [0.1, 0.15) is 0 Å². The quantitative estimate of drug-likeness (QED) is 0.841. The van der Waals surface area contributed by atoms with Gasteiger partial charge in [-0.1, -0.05) is 19.9 Å². The number of hydrogen-bond donors (Lipinski definition) is 2. The number of urea groups is 1. The summed E-state index contributed by atoms with van der Waals surface area (Å²) in [5, 5.41) is 13.4. The van der Waals surface area contributed by atoms with Gasteiger partial charge in [0, 0.05) is 30.4 Å². The Kier molecular flexibility index (Phi) is 5.35. The van der Waals surface area contributed by atoms with Crippen LogP contribution in [0.2, 0.25) is 0 Å². The van der Waals surface area contributed by atoms with E-state index in [1.807, 2.05) is 17.5 Å². The van der Waals surface area contributed by atoms with Gasteiger partial charge in [-0.25, -0.2) is 4.79 Å². The van der Waals surface area contributed by atoms with E-state index in [2.05, 4.69) is 19.2 Å². The maximum Gasteiger partial charge on any atom is 0.317 e. The third-order valence-electron chi connectivity index (χ3n) is 2.88. The minimum absolute atomic E-state index is 0.0434. The van der Waals surface area contributed by atoms with Crippen molar-refractivity contribution in [2.75, 3.05) is 20.1 Å². The Morgan fingerprint density at radius 2 is 2.16 bits per heavy atom. The van der Waals surface area contributed by atoms with Gasteiger partial charge in [-0.3, -0.25) is 4.79 Å². The zero-order valence-electron chi connectivity index (χ0n) is 11.5. The number of carboxylic acids is 1. The highest BCUT2D eigenvalue weighted by molar-refractivity contribution is 7.10. The summed E-state index contributed by atoms with van der Waals surface area (Å²) in [6.07, 6.45) is -0.0434. The van der Waals surface area contributed by atoms with Crippen LogP contribution in [0.4, 0.5) is 4.79 Å². The van der Waals surface area contributed by atoms with E-state index in [0.29, 0.717) is 6.54 Å². The molecule has 0 aliphatic carbocycles. The van der Waals surface area contributed by atoms with E-state index in [-0.39, 0.29) is 24.4 Å². The molecule has 1 heterocycles. The first-order chi connectivity index (χ1) is 8.83. The zero-order valence-corrected chi connectivity index (χ0v) is 12.3. The lowest BCUT2D eigenvalue weighted by molar-refractivity contribution is -0.137. The molecule has 5 nitrogen and oxygen atoms in total. The summed E-state index contributed by atoms with van der Waals surface area (Å²) in [6, 6.07) is 3.79. The van der Waals surface area contributed by atoms with Gasteiger partial charge >= 0.3 is 12.0 Å². The Balaban J connectivity index is 2.43. The van der Waals surface area contributed by atoms with E-state index in [9.17, 15) is 9.59 Å². The molecule has 0 aliphatic heterocycles. The molecule has 0 bridgehead atoms. The van der Waals surface area contributed by atoms with Crippen molar-refractivity contribution in [2.24, 2.45) is 0 Å². The third kappa shape index (κ3) is 4.90. The van der Waals surface area contributed by atoms with Crippen molar-refractivity contribution in [2.45, 2.75) is 25.7 Å². The molecule has 0 radical (unpaired) electrons. The van der Waals surface area contributed by atoms with Crippen LogP contribution in [0.3, 0.4) is 0 Å². The minimum atomic E-state index is -0.904. The summed E-state index contributed by atoms with van der Waals surface area (Å²) in [5.74, 6) is -0.904. The number of aliphatic carboxylic acids is 1. The van der Waals surface area contributed by atoms with Gasteiger partial charge in [-0.05, 0) is 11.4 Å². The Bertz CT molecular complexity index is 429. The van der Waals surface area contributed by atoms with Crippen LogP contribution in [-0.2, 0) is 10.2 Å². The van der Waals surface area contributed by atoms with Crippen LogP contribution in [0.1, 0.15) is 25.1 Å². The van der Waals surface area contributed by atoms with Gasteiger partial charge in [-0.2, -0.15) is 0 Å². The lowest BCUT2D eigenvalue weighted by atomic mass is 9.91. The molecule has 2 N–H and O–H groups in total. The molecule has 0 saturated heterocycles. The predicted octanol–water partition coefficient (Wildman–Crippen LogP) is 2.14. The predicted molar refractivity (Wildman–Crippen MR) is 75.6 cm³/mol. The number of carbonyl (C=O) groups is 2. The van der Waals surface area contributed by atoms with Crippen molar-refractivity contribution in [3.63, 3.8) is 0 Å². The van der Waals surface area contributed by atoms with Crippen molar-refractivity contribution in [3.8, 4) is 0 Å². The van der Waals surface area contributed by atoms with E-state index in [1.54, 1.807) is 18.4 Å². The molecule has 1 rings (SSSR count). The van der Waals surface area contributed by atoms with E-state index in [0.717, 1.165) is 0 Å². The molecular weight excluding hydrogens is 264 g/mol. The number of carboxylic acid groups (broad SMARTS) is 1. The highest BCUT2D eigenvalue weighted by Gasteiger charge is 2.23. The monoisotopic (exact) mass is 284 g/mol. The van der Waals surface area contributed by atoms with Gasteiger partial charge in [0.05, 0.1) is 6.42 Å². The Morgan fingerprint density at radius 3 is 2.68 bits per heavy atom. The van der Waals surface area contributed by atoms with Gasteiger partial charge in [-0.15, -0.1) is 11.3 Å². The smallest absolute Gasteiger partial charge is 0.317 e. The third-order valence-corrected chi connectivity index (χ3v) is 4.11. The standard InChI is InChI=1S/C13H20N2O3S/c1-13(2,10-5-4-8-19-10)9-14-12(18)15(3)7-6-11(16)17/h4-5,8H,6-7,9H2,1-3H3,(H,14,18)(H,16,17). The number of amides is 2. The van der Waals surface area contributed by atoms with E-state index in [4.69, 9.17) is 5.11 Å². The molecule has 0 unspecified atom stereocenters. The molecule has 6 heteroatoms. The van der Waals surface area contributed by atoms with Crippen LogP contribution >= 0.6 is 11.3 Å². The van der Waals surface area contributed by atoms with E-state index >= 15 is 0 Å². The molecule has 0 atom stereocenters. The maximum absolute atomic E-state index is 11.8. The number of nitrogens with zero attached hydrogens (tertiary/aromatic N) is 1. The molecule has 106 valence electrons. The molecule has 2 amide bonds. The molecule has 1 aromatic heterocycles. The maximum atomic E-state index is 11.8. The SMILES string of the molecule is CN(CCC(=O)O)C(=O)NCC(C)(C)c1cccs1. The second-order valence-electron chi connectivity index (χ2n) is 5.09. The van der Waals surface area contributed by atoms with Crippen molar-refractivity contribution >= 4 is 23.3 Å². The molecule has 19 heavy (non-hydrogen) atoms. The number of rotatable bonds is 6. The summed E-state index contributed by atoms with van der Waals surface area (Å²) < 4.78 is 0. The van der Waals surface area contributed by atoms with Gasteiger partial charge < -0.3 is 15.3 Å². The Hall–Kier alpha value is -1.56. The van der Waals surface area contributed by atoms with Crippen LogP contribution in [0.25, 0.3) is 0 Å². The summed E-state index contributed by atoms with van der Waals surface area (Å²) in [5.41, 5.74) is -0.128. The fraction of sp³-hybridized carbons (Fsp3) is 0.538. The fourth-order valence-corrected chi connectivity index (χ4v) is 2.40. The molecule has 0 aliphatic rings. The normalized spacial score (nSPS) is 11.1. The van der Waals surface area contributed by atoms with E-state index < -0.39 is 5.97 Å². The first-order valence-corrected chi connectivity index (χ1v) is 6.95. The molecular formula is C13H20N2O3S. The average molecular weight is 284 g/mol. The Labute approximate surface area is 117 Å². The Morgan fingerprint density at radius 1 is 1.47 bits per heavy atom. The lowest BCUT2D eigenvalue weighted by Gasteiger charge is -2.25. The number of thiophene rings is 1. The topological polar surface area (TPSA) is 69.6 Å². The van der Waals surface area contributed by atoms with E-state index in [1.165, 1.54) is 9.78 Å². The second-order valence-corrected chi connectivity index (χ2v) is 6.03. The average Bonchev–Trinajstić information content (AvgIpc) is 2.87. The van der Waals surface area contributed by atoms with Gasteiger partial charge in [0.2, 0.25) is 0 Å². The molecule has 0 saturated carbocycles. The van der Waals surface area contributed by atoms with Crippen LogP contribution in [0.15, 0.2) is 17.5 Å². The van der Waals surface area contributed by atoms with Crippen LogP contribution < -0.4 is 5.32 Å². The molecule has 1 aromatic rings. The van der Waals surface area contributed by atoms with Gasteiger partial charge in [0.25, 0.3) is 0 Å². The molecule has 0 aromatic carbocycles. The summed E-state index contributed by atoms with van der Waals surface area (Å²) in [4.78, 5) is 24.8. The summed E-state index contributed by atoms with van der Waals surface area (Å²) in [6.45, 7) is 4.86. The molecule has 0 spiro atoms. The van der Waals surface area contributed by atoms with Crippen LogP contribution in [-0.4, -0.2) is 42.1 Å². The minimum Gasteiger partial charge on any atom is -0.481 e. The molecule has 0 fully saturated rings. The first kappa shape index (κ1) is 15.5. The number of carbonyl (C=O) groups excluding carboxylic acids is 1. The lowest BCUT2D eigenvalue weighted by Crippen LogP contribution is -2.43.